The van der Waals surface area contributed by atoms with Crippen molar-refractivity contribution in [2.45, 2.75) is 19.4 Å². The van der Waals surface area contributed by atoms with Gasteiger partial charge in [0, 0.05) is 30.8 Å². The third-order valence-corrected chi connectivity index (χ3v) is 3.88. The van der Waals surface area contributed by atoms with Gasteiger partial charge in [-0.1, -0.05) is 0 Å². The van der Waals surface area contributed by atoms with Crippen LogP contribution in [-0.2, 0) is 11.3 Å². The molecule has 1 unspecified atom stereocenters. The Morgan fingerprint density at radius 2 is 2.52 bits per heavy atom. The second kappa shape index (κ2) is 5.59. The minimum atomic E-state index is -0.659. The normalized spacial score (nSPS) is 21.1. The molecule has 2 aliphatic rings. The van der Waals surface area contributed by atoms with Crippen molar-refractivity contribution in [2.75, 3.05) is 13.7 Å². The zero-order chi connectivity index (χ0) is 14.8. The Morgan fingerprint density at radius 3 is 3.24 bits per heavy atom. The Balaban J connectivity index is 1.78. The molecule has 0 saturated carbocycles. The van der Waals surface area contributed by atoms with Crippen LogP contribution in [0.2, 0.25) is 0 Å². The van der Waals surface area contributed by atoms with Gasteiger partial charge >= 0.3 is 6.09 Å². The largest absolute Gasteiger partial charge is 0.453 e. The molecule has 2 heterocycles. The Morgan fingerprint density at radius 1 is 1.67 bits per heavy atom. The van der Waals surface area contributed by atoms with Crippen LogP contribution in [0.25, 0.3) is 0 Å². The minimum Gasteiger partial charge on any atom is -0.453 e. The first-order valence-corrected chi connectivity index (χ1v) is 6.84. The number of allylic oxidation sites excluding steroid dienone is 3. The molecule has 6 nitrogen and oxygen atoms in total. The van der Waals surface area contributed by atoms with E-state index in [0.29, 0.717) is 13.0 Å². The lowest BCUT2D eigenvalue weighted by Crippen LogP contribution is -2.27. The number of rotatable bonds is 3. The van der Waals surface area contributed by atoms with Crippen LogP contribution in [0.5, 0.6) is 0 Å². The first-order valence-electron chi connectivity index (χ1n) is 6.84. The second-order valence-electron chi connectivity index (χ2n) is 5.19. The number of amides is 1. The summed E-state index contributed by atoms with van der Waals surface area (Å²) in [5, 5.41) is 2.43. The van der Waals surface area contributed by atoms with Gasteiger partial charge in [0.1, 0.15) is 5.83 Å². The van der Waals surface area contributed by atoms with Crippen molar-refractivity contribution < 1.29 is 13.9 Å². The maximum atomic E-state index is 14.0. The van der Waals surface area contributed by atoms with Gasteiger partial charge in [0.05, 0.1) is 31.4 Å². The third kappa shape index (κ3) is 2.76. The number of aromatic amines is 1. The fourth-order valence-corrected chi connectivity index (χ4v) is 2.83. The maximum absolute atomic E-state index is 14.0. The van der Waals surface area contributed by atoms with Gasteiger partial charge in [-0.25, -0.2) is 14.2 Å². The lowest BCUT2D eigenvalue weighted by Gasteiger charge is -2.25. The molecule has 1 atom stereocenters. The lowest BCUT2D eigenvalue weighted by atomic mass is 9.94. The number of ether oxygens (including phenoxy) is 1. The summed E-state index contributed by atoms with van der Waals surface area (Å²) in [6.45, 7) is 1.57. The van der Waals surface area contributed by atoms with Crippen molar-refractivity contribution in [1.29, 1.82) is 0 Å². The highest BCUT2D eigenvalue weighted by molar-refractivity contribution is 5.70. The summed E-state index contributed by atoms with van der Waals surface area (Å²) in [6, 6.07) is 0. The van der Waals surface area contributed by atoms with Gasteiger partial charge in [0.2, 0.25) is 0 Å². The number of halogens is 1. The second-order valence-corrected chi connectivity index (χ2v) is 5.19. The molecule has 0 radical (unpaired) electrons. The Kier molecular flexibility index (Phi) is 3.64. The molecule has 0 spiro atoms. The number of fused-ring (bicyclic) bond motifs is 1. The first kappa shape index (κ1) is 13.7. The van der Waals surface area contributed by atoms with Crippen LogP contribution in [-0.4, -0.2) is 34.6 Å². The number of carbonyl (C=O) groups is 1. The van der Waals surface area contributed by atoms with Gasteiger partial charge in [-0.15, -0.1) is 0 Å². The number of hydrogen-bond acceptors (Lipinski definition) is 4. The quantitative estimate of drug-likeness (QED) is 0.894. The van der Waals surface area contributed by atoms with Gasteiger partial charge in [-0.3, -0.25) is 5.32 Å². The Labute approximate surface area is 121 Å². The smallest absolute Gasteiger partial charge is 0.411 e. The van der Waals surface area contributed by atoms with Gasteiger partial charge < -0.3 is 14.6 Å². The fourth-order valence-electron chi connectivity index (χ4n) is 2.83. The summed E-state index contributed by atoms with van der Waals surface area (Å²) in [7, 11) is 1.26. The van der Waals surface area contributed by atoms with Crippen molar-refractivity contribution in [3.63, 3.8) is 0 Å². The average molecular weight is 292 g/mol. The van der Waals surface area contributed by atoms with E-state index in [2.05, 4.69) is 24.9 Å². The van der Waals surface area contributed by atoms with Gasteiger partial charge in [0.15, 0.2) is 0 Å². The van der Waals surface area contributed by atoms with Crippen molar-refractivity contribution in [2.24, 2.45) is 5.92 Å². The number of H-pyrrole nitrogens is 1. The molecule has 1 amide bonds. The summed E-state index contributed by atoms with van der Waals surface area (Å²) in [5.74, 6) is -0.117. The molecule has 21 heavy (non-hydrogen) atoms. The van der Waals surface area contributed by atoms with E-state index in [-0.39, 0.29) is 17.4 Å². The number of likely N-dealkylation sites (tertiary alicyclic amines) is 1. The molecule has 3 rings (SSSR count). The molecule has 0 aromatic carbocycles. The molecule has 1 aliphatic heterocycles. The van der Waals surface area contributed by atoms with Crippen LogP contribution in [0.4, 0.5) is 9.18 Å². The molecule has 7 heteroatoms. The van der Waals surface area contributed by atoms with Crippen molar-refractivity contribution >= 4 is 6.09 Å². The third-order valence-electron chi connectivity index (χ3n) is 3.88. The zero-order valence-corrected chi connectivity index (χ0v) is 11.7. The van der Waals surface area contributed by atoms with Crippen LogP contribution in [0.15, 0.2) is 35.8 Å². The fraction of sp³-hybridized carbons (Fsp3) is 0.429. The SMILES string of the molecule is COC(=O)NC1=C(F)CC2CCN(Cc3cnc[nH]3)C2=C1. The molecule has 112 valence electrons. The van der Waals surface area contributed by atoms with Crippen molar-refractivity contribution in [3.8, 4) is 0 Å². The Bertz CT molecular complexity index is 594. The highest BCUT2D eigenvalue weighted by Crippen LogP contribution is 2.38. The predicted molar refractivity (Wildman–Crippen MR) is 73.5 cm³/mol. The van der Waals surface area contributed by atoms with Crippen LogP contribution >= 0.6 is 0 Å². The molecule has 1 aromatic heterocycles. The predicted octanol–water partition coefficient (Wildman–Crippen LogP) is 2.06. The van der Waals surface area contributed by atoms with Gasteiger partial charge in [-0.2, -0.15) is 0 Å². The Hall–Kier alpha value is -2.31. The lowest BCUT2D eigenvalue weighted by molar-refractivity contribution is 0.174. The highest BCUT2D eigenvalue weighted by Gasteiger charge is 2.33. The van der Waals surface area contributed by atoms with E-state index in [9.17, 15) is 9.18 Å². The topological polar surface area (TPSA) is 70.2 Å². The number of imidazole rings is 1. The minimum absolute atomic E-state index is 0.177. The van der Waals surface area contributed by atoms with Crippen LogP contribution < -0.4 is 5.32 Å². The summed E-state index contributed by atoms with van der Waals surface area (Å²) >= 11 is 0. The summed E-state index contributed by atoms with van der Waals surface area (Å²) in [6.07, 6.45) is 5.71. The van der Waals surface area contributed by atoms with Crippen LogP contribution in [0.1, 0.15) is 18.5 Å². The molecule has 1 fully saturated rings. The standard InChI is InChI=1S/C14H17FN4O2/c1-21-14(20)18-12-5-13-9(4-11(12)15)2-3-19(13)7-10-6-16-8-17-10/h5-6,8-9H,2-4,7H2,1H3,(H,16,17)(H,18,20). The van der Waals surface area contributed by atoms with E-state index in [0.717, 1.165) is 24.4 Å². The van der Waals surface area contributed by atoms with Gasteiger partial charge in [-0.05, 0) is 12.5 Å². The van der Waals surface area contributed by atoms with Gasteiger partial charge in [0.25, 0.3) is 0 Å². The van der Waals surface area contributed by atoms with Crippen LogP contribution in [0.3, 0.4) is 0 Å². The van der Waals surface area contributed by atoms with E-state index in [4.69, 9.17) is 0 Å². The average Bonchev–Trinajstić information content (AvgIpc) is 3.10. The first-order chi connectivity index (χ1) is 10.2. The van der Waals surface area contributed by atoms with Crippen molar-refractivity contribution in [1.82, 2.24) is 20.2 Å². The van der Waals surface area contributed by atoms with E-state index in [1.807, 2.05) is 0 Å². The van der Waals surface area contributed by atoms with Crippen LogP contribution in [0, 0.1) is 5.92 Å². The van der Waals surface area contributed by atoms with Crippen molar-refractivity contribution in [3.05, 3.63) is 41.5 Å². The van der Waals surface area contributed by atoms with E-state index < -0.39 is 6.09 Å². The number of aromatic nitrogens is 2. The highest BCUT2D eigenvalue weighted by atomic mass is 19.1. The maximum Gasteiger partial charge on any atom is 0.411 e. The number of methoxy groups -OCH3 is 1. The number of hydrogen-bond donors (Lipinski definition) is 2. The summed E-state index contributed by atoms with van der Waals surface area (Å²) in [5.41, 5.74) is 2.26. The number of carbonyl (C=O) groups excluding carboxylic acids is 1. The molecule has 0 bridgehead atoms. The number of alkyl carbamates (subject to hydrolysis) is 1. The monoisotopic (exact) mass is 292 g/mol. The molecular weight excluding hydrogens is 275 g/mol. The molecule has 1 saturated heterocycles. The zero-order valence-electron chi connectivity index (χ0n) is 11.7. The van der Waals surface area contributed by atoms with E-state index in [1.54, 1.807) is 18.6 Å². The summed E-state index contributed by atoms with van der Waals surface area (Å²) < 4.78 is 18.5. The number of nitrogens with one attached hydrogen (secondary N) is 2. The number of nitrogens with zero attached hydrogens (tertiary/aromatic N) is 2. The molecule has 1 aromatic rings. The molecular formula is C14H17FN4O2. The summed E-state index contributed by atoms with van der Waals surface area (Å²) in [4.78, 5) is 20.5. The molecule has 2 N–H and O–H groups in total. The van der Waals surface area contributed by atoms with E-state index in [1.165, 1.54) is 7.11 Å². The molecule has 1 aliphatic carbocycles. The van der Waals surface area contributed by atoms with E-state index >= 15 is 0 Å².